The minimum Gasteiger partial charge on any atom is -0.466 e. The summed E-state index contributed by atoms with van der Waals surface area (Å²) in [6.45, 7) is 5.70. The second-order valence-corrected chi connectivity index (χ2v) is 4.66. The molecule has 5 nitrogen and oxygen atoms in total. The summed E-state index contributed by atoms with van der Waals surface area (Å²) in [6.07, 6.45) is 3.13. The molecule has 0 unspecified atom stereocenters. The Morgan fingerprint density at radius 3 is 2.71 bits per heavy atom. The van der Waals surface area contributed by atoms with Crippen LogP contribution in [0, 0.1) is 5.41 Å². The number of carbonyl (C=O) groups excluding carboxylic acids is 1. The molecule has 0 radical (unpaired) electrons. The van der Waals surface area contributed by atoms with Crippen LogP contribution in [0.25, 0.3) is 0 Å². The first-order valence-electron chi connectivity index (χ1n) is 5.31. The molecule has 17 heavy (non-hydrogen) atoms. The highest BCUT2D eigenvalue weighted by molar-refractivity contribution is 5.94. The number of nitrogens with one attached hydrogen (secondary N) is 1. The molecule has 94 valence electrons. The molecular formula is C12H18N2O3. The SMILES string of the molecule is COCOc1cncc(NC(=O)C(C)(C)C)c1. The predicted molar refractivity (Wildman–Crippen MR) is 64.8 cm³/mol. The van der Waals surface area contributed by atoms with E-state index < -0.39 is 5.41 Å². The molecule has 0 aromatic carbocycles. The van der Waals surface area contributed by atoms with E-state index in [0.717, 1.165) is 0 Å². The van der Waals surface area contributed by atoms with Crippen molar-refractivity contribution in [2.75, 3.05) is 19.2 Å². The van der Waals surface area contributed by atoms with Gasteiger partial charge in [-0.3, -0.25) is 9.78 Å². The van der Waals surface area contributed by atoms with Crippen LogP contribution in [0.15, 0.2) is 18.5 Å². The van der Waals surface area contributed by atoms with Gasteiger partial charge in [-0.15, -0.1) is 0 Å². The number of amides is 1. The molecule has 0 bridgehead atoms. The van der Waals surface area contributed by atoms with E-state index in [4.69, 9.17) is 9.47 Å². The van der Waals surface area contributed by atoms with E-state index >= 15 is 0 Å². The zero-order chi connectivity index (χ0) is 12.9. The van der Waals surface area contributed by atoms with Crippen molar-refractivity contribution < 1.29 is 14.3 Å². The van der Waals surface area contributed by atoms with Gasteiger partial charge in [0.2, 0.25) is 5.91 Å². The first-order chi connectivity index (χ1) is 7.93. The van der Waals surface area contributed by atoms with E-state index in [1.54, 1.807) is 25.6 Å². The van der Waals surface area contributed by atoms with Crippen LogP contribution in [0.4, 0.5) is 5.69 Å². The Balaban J connectivity index is 2.69. The highest BCUT2D eigenvalue weighted by atomic mass is 16.7. The van der Waals surface area contributed by atoms with Crippen molar-refractivity contribution >= 4 is 11.6 Å². The maximum Gasteiger partial charge on any atom is 0.229 e. The van der Waals surface area contributed by atoms with Crippen molar-refractivity contribution in [1.29, 1.82) is 0 Å². The van der Waals surface area contributed by atoms with Gasteiger partial charge < -0.3 is 14.8 Å². The Morgan fingerprint density at radius 1 is 1.41 bits per heavy atom. The Bertz CT molecular complexity index is 386. The van der Waals surface area contributed by atoms with Crippen LogP contribution in [-0.4, -0.2) is 24.8 Å². The summed E-state index contributed by atoms with van der Waals surface area (Å²) in [4.78, 5) is 15.7. The molecule has 0 saturated heterocycles. The van der Waals surface area contributed by atoms with E-state index in [2.05, 4.69) is 10.3 Å². The standard InChI is InChI=1S/C12H18N2O3/c1-12(2,3)11(15)14-9-5-10(7-13-6-9)17-8-16-4/h5-7H,8H2,1-4H3,(H,14,15). The second kappa shape index (κ2) is 5.63. The van der Waals surface area contributed by atoms with E-state index in [1.807, 2.05) is 20.8 Å². The molecular weight excluding hydrogens is 220 g/mol. The van der Waals surface area contributed by atoms with Crippen molar-refractivity contribution in [3.8, 4) is 5.75 Å². The number of aromatic nitrogens is 1. The summed E-state index contributed by atoms with van der Waals surface area (Å²) in [5.74, 6) is 0.488. The molecule has 0 spiro atoms. The molecule has 0 fully saturated rings. The number of carbonyl (C=O) groups is 1. The number of anilines is 1. The Hall–Kier alpha value is -1.62. The fourth-order valence-electron chi connectivity index (χ4n) is 1.01. The summed E-state index contributed by atoms with van der Waals surface area (Å²) < 4.78 is 10.0. The van der Waals surface area contributed by atoms with Gasteiger partial charge in [0.05, 0.1) is 18.1 Å². The van der Waals surface area contributed by atoms with E-state index in [1.165, 1.54) is 0 Å². The highest BCUT2D eigenvalue weighted by Crippen LogP contribution is 2.19. The van der Waals surface area contributed by atoms with Gasteiger partial charge in [-0.25, -0.2) is 0 Å². The summed E-state index contributed by atoms with van der Waals surface area (Å²) in [5, 5.41) is 2.78. The molecule has 1 aromatic heterocycles. The average Bonchev–Trinajstić information content (AvgIpc) is 2.25. The maximum atomic E-state index is 11.8. The molecule has 1 N–H and O–H groups in total. The third kappa shape index (κ3) is 4.40. The average molecular weight is 238 g/mol. The molecule has 1 heterocycles. The lowest BCUT2D eigenvalue weighted by Gasteiger charge is -2.17. The number of ether oxygens (including phenoxy) is 2. The van der Waals surface area contributed by atoms with Gasteiger partial charge in [-0.05, 0) is 0 Å². The van der Waals surface area contributed by atoms with Crippen LogP contribution in [0.5, 0.6) is 5.75 Å². The summed E-state index contributed by atoms with van der Waals surface area (Å²) in [7, 11) is 1.54. The zero-order valence-corrected chi connectivity index (χ0v) is 10.6. The Labute approximate surface area is 101 Å². The fraction of sp³-hybridized carbons (Fsp3) is 0.500. The number of rotatable bonds is 4. The number of nitrogens with zero attached hydrogens (tertiary/aromatic N) is 1. The first kappa shape index (κ1) is 13.4. The van der Waals surface area contributed by atoms with Crippen molar-refractivity contribution in [2.45, 2.75) is 20.8 Å². The minimum atomic E-state index is -0.441. The topological polar surface area (TPSA) is 60.5 Å². The van der Waals surface area contributed by atoms with Gasteiger partial charge in [-0.1, -0.05) is 20.8 Å². The monoisotopic (exact) mass is 238 g/mol. The third-order valence-electron chi connectivity index (χ3n) is 2.00. The summed E-state index contributed by atoms with van der Waals surface area (Å²) >= 11 is 0. The molecule has 0 atom stereocenters. The van der Waals surface area contributed by atoms with Crippen LogP contribution in [0.2, 0.25) is 0 Å². The van der Waals surface area contributed by atoms with E-state index in [-0.39, 0.29) is 12.7 Å². The molecule has 1 amide bonds. The molecule has 0 aliphatic rings. The fourth-order valence-corrected chi connectivity index (χ4v) is 1.01. The van der Waals surface area contributed by atoms with E-state index in [0.29, 0.717) is 11.4 Å². The normalized spacial score (nSPS) is 11.1. The van der Waals surface area contributed by atoms with Crippen molar-refractivity contribution in [2.24, 2.45) is 5.41 Å². The quantitative estimate of drug-likeness (QED) is 0.815. The van der Waals surface area contributed by atoms with Crippen molar-refractivity contribution in [3.05, 3.63) is 18.5 Å². The van der Waals surface area contributed by atoms with Gasteiger partial charge in [-0.2, -0.15) is 0 Å². The Morgan fingerprint density at radius 2 is 2.12 bits per heavy atom. The van der Waals surface area contributed by atoms with Crippen LogP contribution >= 0.6 is 0 Å². The van der Waals surface area contributed by atoms with Crippen LogP contribution in [-0.2, 0) is 9.53 Å². The third-order valence-corrected chi connectivity index (χ3v) is 2.00. The predicted octanol–water partition coefficient (Wildman–Crippen LogP) is 2.05. The lowest BCUT2D eigenvalue weighted by molar-refractivity contribution is -0.123. The number of hydrogen-bond donors (Lipinski definition) is 1. The largest absolute Gasteiger partial charge is 0.466 e. The summed E-state index contributed by atoms with van der Waals surface area (Å²) in [6, 6.07) is 1.70. The van der Waals surface area contributed by atoms with Gasteiger partial charge in [0.25, 0.3) is 0 Å². The molecule has 0 saturated carbocycles. The maximum absolute atomic E-state index is 11.8. The van der Waals surface area contributed by atoms with Gasteiger partial charge in [0.15, 0.2) is 6.79 Å². The molecule has 0 aliphatic heterocycles. The lowest BCUT2D eigenvalue weighted by Crippen LogP contribution is -2.27. The van der Waals surface area contributed by atoms with Crippen LogP contribution in [0.1, 0.15) is 20.8 Å². The van der Waals surface area contributed by atoms with Crippen LogP contribution in [0.3, 0.4) is 0 Å². The van der Waals surface area contributed by atoms with Gasteiger partial charge >= 0.3 is 0 Å². The molecule has 5 heteroatoms. The first-order valence-corrected chi connectivity index (χ1v) is 5.31. The zero-order valence-electron chi connectivity index (χ0n) is 10.6. The molecule has 1 rings (SSSR count). The number of methoxy groups -OCH3 is 1. The highest BCUT2D eigenvalue weighted by Gasteiger charge is 2.21. The van der Waals surface area contributed by atoms with Crippen LogP contribution < -0.4 is 10.1 Å². The van der Waals surface area contributed by atoms with E-state index in [9.17, 15) is 4.79 Å². The van der Waals surface area contributed by atoms with Gasteiger partial charge in [0.1, 0.15) is 5.75 Å². The van der Waals surface area contributed by atoms with Crippen molar-refractivity contribution in [3.63, 3.8) is 0 Å². The number of hydrogen-bond acceptors (Lipinski definition) is 4. The van der Waals surface area contributed by atoms with Gasteiger partial charge in [0, 0.05) is 18.6 Å². The second-order valence-electron chi connectivity index (χ2n) is 4.66. The summed E-state index contributed by atoms with van der Waals surface area (Å²) in [5.41, 5.74) is 0.169. The van der Waals surface area contributed by atoms with Crippen molar-refractivity contribution in [1.82, 2.24) is 4.98 Å². The molecule has 1 aromatic rings. The molecule has 0 aliphatic carbocycles. The smallest absolute Gasteiger partial charge is 0.229 e. The lowest BCUT2D eigenvalue weighted by atomic mass is 9.96. The number of pyridine rings is 1. The Kier molecular flexibility index (Phi) is 4.45. The minimum absolute atomic E-state index is 0.0665.